The van der Waals surface area contributed by atoms with Crippen molar-refractivity contribution in [1.29, 1.82) is 0 Å². The number of nitrogens with one attached hydrogen (secondary N) is 1. The molecule has 3 rings (SSSR count). The molecule has 0 aliphatic heterocycles. The van der Waals surface area contributed by atoms with Crippen molar-refractivity contribution < 1.29 is 17.2 Å². The molecule has 0 atom stereocenters. The van der Waals surface area contributed by atoms with Gasteiger partial charge in [0.05, 0.1) is 5.54 Å². The molecule has 1 saturated carbocycles. The molecule has 0 radical (unpaired) electrons. The molecule has 0 bridgehead atoms. The minimum absolute atomic E-state index is 0.531. The molecule has 1 N–H and O–H groups in total. The second-order valence-corrected chi connectivity index (χ2v) is 7.13. The van der Waals surface area contributed by atoms with Gasteiger partial charge in [0, 0.05) is 6.07 Å². The van der Waals surface area contributed by atoms with Crippen molar-refractivity contribution in [3.63, 3.8) is 0 Å². The number of hydrogen-bond acceptors (Lipinski definition) is 2. The van der Waals surface area contributed by atoms with Crippen molar-refractivity contribution in [3.8, 4) is 0 Å². The van der Waals surface area contributed by atoms with E-state index in [0.717, 1.165) is 24.1 Å². The highest BCUT2D eigenvalue weighted by Gasteiger charge is 2.42. The van der Waals surface area contributed by atoms with E-state index in [1.54, 1.807) is 0 Å². The van der Waals surface area contributed by atoms with Gasteiger partial charge in [0.25, 0.3) is 0 Å². The fourth-order valence-electron chi connectivity index (χ4n) is 2.74. The predicted octanol–water partition coefficient (Wildman–Crippen LogP) is 3.32. The van der Waals surface area contributed by atoms with Crippen LogP contribution in [0.15, 0.2) is 53.4 Å². The van der Waals surface area contributed by atoms with Gasteiger partial charge < -0.3 is 0 Å². The highest BCUT2D eigenvalue weighted by Crippen LogP contribution is 2.42. The smallest absolute Gasteiger partial charge is 0.207 e. The largest absolute Gasteiger partial charge is 0.244 e. The number of sulfonamides is 1. The Bertz CT molecular complexity index is 787. The SMILES string of the molecule is O=S(=O)(NC1(c2ccccc2)CCC1)c1ccc(F)cc1F. The van der Waals surface area contributed by atoms with E-state index in [2.05, 4.69) is 4.72 Å². The van der Waals surface area contributed by atoms with Gasteiger partial charge in [-0.3, -0.25) is 0 Å². The maximum absolute atomic E-state index is 13.8. The van der Waals surface area contributed by atoms with E-state index in [1.165, 1.54) is 0 Å². The Morgan fingerprint density at radius 1 is 1.00 bits per heavy atom. The summed E-state index contributed by atoms with van der Waals surface area (Å²) in [5, 5.41) is 0. The zero-order chi connectivity index (χ0) is 15.8. The van der Waals surface area contributed by atoms with Crippen LogP contribution < -0.4 is 4.72 Å². The summed E-state index contributed by atoms with van der Waals surface area (Å²) in [5.74, 6) is -1.90. The molecule has 0 spiro atoms. The third-order valence-electron chi connectivity index (χ3n) is 4.05. The minimum Gasteiger partial charge on any atom is -0.207 e. The van der Waals surface area contributed by atoms with Crippen LogP contribution in [0.3, 0.4) is 0 Å². The van der Waals surface area contributed by atoms with Crippen LogP contribution in [0.25, 0.3) is 0 Å². The van der Waals surface area contributed by atoms with Crippen molar-refractivity contribution in [2.75, 3.05) is 0 Å². The lowest BCUT2D eigenvalue weighted by atomic mass is 9.73. The summed E-state index contributed by atoms with van der Waals surface area (Å²) in [6.45, 7) is 0. The molecule has 3 nitrogen and oxygen atoms in total. The maximum Gasteiger partial charge on any atom is 0.244 e. The van der Waals surface area contributed by atoms with Gasteiger partial charge in [-0.25, -0.2) is 21.9 Å². The maximum atomic E-state index is 13.8. The Morgan fingerprint density at radius 2 is 1.68 bits per heavy atom. The summed E-state index contributed by atoms with van der Waals surface area (Å²) in [5.41, 5.74) is 0.147. The average Bonchev–Trinajstić information content (AvgIpc) is 2.43. The van der Waals surface area contributed by atoms with Crippen molar-refractivity contribution in [3.05, 3.63) is 65.7 Å². The van der Waals surface area contributed by atoms with Crippen LogP contribution in [0, 0.1) is 11.6 Å². The molecule has 1 aliphatic rings. The first kappa shape index (κ1) is 15.1. The number of rotatable bonds is 4. The molecular weight excluding hydrogens is 308 g/mol. The Balaban J connectivity index is 1.97. The van der Waals surface area contributed by atoms with Crippen molar-refractivity contribution in [2.45, 2.75) is 29.7 Å². The van der Waals surface area contributed by atoms with E-state index in [4.69, 9.17) is 0 Å². The van der Waals surface area contributed by atoms with Crippen LogP contribution in [-0.2, 0) is 15.6 Å². The third-order valence-corrected chi connectivity index (χ3v) is 5.62. The minimum atomic E-state index is -4.07. The molecule has 0 saturated heterocycles. The Kier molecular flexibility index (Phi) is 3.74. The first-order valence-corrected chi connectivity index (χ1v) is 8.46. The lowest BCUT2D eigenvalue weighted by Crippen LogP contribution is -2.50. The molecule has 0 heterocycles. The van der Waals surface area contributed by atoms with Gasteiger partial charge in [-0.2, -0.15) is 0 Å². The van der Waals surface area contributed by atoms with Crippen LogP contribution >= 0.6 is 0 Å². The number of halogens is 2. The van der Waals surface area contributed by atoms with E-state index >= 15 is 0 Å². The topological polar surface area (TPSA) is 46.2 Å². The Morgan fingerprint density at radius 3 is 2.23 bits per heavy atom. The van der Waals surface area contributed by atoms with Gasteiger partial charge in [0.1, 0.15) is 16.5 Å². The molecule has 2 aromatic rings. The standard InChI is InChI=1S/C16H15F2NO2S/c17-13-7-8-15(14(18)11-13)22(20,21)19-16(9-4-10-16)12-5-2-1-3-6-12/h1-3,5-8,11,19H,4,9-10H2. The molecule has 22 heavy (non-hydrogen) atoms. The highest BCUT2D eigenvalue weighted by atomic mass is 32.2. The van der Waals surface area contributed by atoms with Crippen molar-refractivity contribution in [2.24, 2.45) is 0 Å². The average molecular weight is 323 g/mol. The van der Waals surface area contributed by atoms with Gasteiger partial charge in [-0.05, 0) is 37.0 Å². The molecule has 1 fully saturated rings. The summed E-state index contributed by atoms with van der Waals surface area (Å²) < 4.78 is 54.3. The normalized spacial score (nSPS) is 17.0. The summed E-state index contributed by atoms with van der Waals surface area (Å²) >= 11 is 0. The van der Waals surface area contributed by atoms with Crippen molar-refractivity contribution in [1.82, 2.24) is 4.72 Å². The van der Waals surface area contributed by atoms with E-state index in [1.807, 2.05) is 30.3 Å². The Hall–Kier alpha value is -1.79. The summed E-state index contributed by atoms with van der Waals surface area (Å²) in [6, 6.07) is 11.7. The summed E-state index contributed by atoms with van der Waals surface area (Å²) in [6.07, 6.45) is 2.20. The van der Waals surface area contributed by atoms with Crippen LogP contribution in [0.5, 0.6) is 0 Å². The highest BCUT2D eigenvalue weighted by molar-refractivity contribution is 7.89. The monoisotopic (exact) mass is 323 g/mol. The van der Waals surface area contributed by atoms with E-state index in [9.17, 15) is 17.2 Å². The second kappa shape index (κ2) is 5.44. The van der Waals surface area contributed by atoms with Gasteiger partial charge in [-0.15, -0.1) is 0 Å². The van der Waals surface area contributed by atoms with Crippen LogP contribution in [-0.4, -0.2) is 8.42 Å². The molecule has 0 amide bonds. The van der Waals surface area contributed by atoms with Crippen LogP contribution in [0.2, 0.25) is 0 Å². The van der Waals surface area contributed by atoms with Crippen LogP contribution in [0.4, 0.5) is 8.78 Å². The molecule has 116 valence electrons. The van der Waals surface area contributed by atoms with Gasteiger partial charge >= 0.3 is 0 Å². The molecular formula is C16H15F2NO2S. The van der Waals surface area contributed by atoms with Gasteiger partial charge in [0.15, 0.2) is 0 Å². The second-order valence-electron chi connectivity index (χ2n) is 5.48. The number of benzene rings is 2. The summed E-state index contributed by atoms with van der Waals surface area (Å²) in [7, 11) is -4.07. The zero-order valence-electron chi connectivity index (χ0n) is 11.7. The molecule has 0 unspecified atom stereocenters. The molecule has 2 aromatic carbocycles. The fraction of sp³-hybridized carbons (Fsp3) is 0.250. The predicted molar refractivity (Wildman–Crippen MR) is 78.7 cm³/mol. The third kappa shape index (κ3) is 2.64. The Labute approximate surface area is 128 Å². The molecule has 6 heteroatoms. The first-order chi connectivity index (χ1) is 10.4. The summed E-state index contributed by atoms with van der Waals surface area (Å²) in [4.78, 5) is -0.531. The first-order valence-electron chi connectivity index (χ1n) is 6.98. The van der Waals surface area contributed by atoms with Crippen LogP contribution in [0.1, 0.15) is 24.8 Å². The molecule has 1 aliphatic carbocycles. The van der Waals surface area contributed by atoms with Crippen molar-refractivity contribution >= 4 is 10.0 Å². The quantitative estimate of drug-likeness (QED) is 0.938. The lowest BCUT2D eigenvalue weighted by molar-refractivity contribution is 0.224. The fourth-order valence-corrected chi connectivity index (χ4v) is 4.25. The molecule has 0 aromatic heterocycles. The number of hydrogen-bond donors (Lipinski definition) is 1. The zero-order valence-corrected chi connectivity index (χ0v) is 12.5. The lowest BCUT2D eigenvalue weighted by Gasteiger charge is -2.42. The van der Waals surface area contributed by atoms with E-state index in [-0.39, 0.29) is 0 Å². The van der Waals surface area contributed by atoms with E-state index in [0.29, 0.717) is 18.9 Å². The van der Waals surface area contributed by atoms with Gasteiger partial charge in [0.2, 0.25) is 10.0 Å². The van der Waals surface area contributed by atoms with E-state index < -0.39 is 32.1 Å². The van der Waals surface area contributed by atoms with Gasteiger partial charge in [-0.1, -0.05) is 30.3 Å².